The maximum Gasteiger partial charge on any atom is 0.266 e. The lowest BCUT2D eigenvalue weighted by Crippen LogP contribution is -2.47. The van der Waals surface area contributed by atoms with Crippen molar-refractivity contribution < 1.29 is 4.79 Å². The summed E-state index contributed by atoms with van der Waals surface area (Å²) in [6, 6.07) is 1.67. The van der Waals surface area contributed by atoms with E-state index in [1.165, 1.54) is 4.68 Å². The molecule has 14 heavy (non-hydrogen) atoms. The summed E-state index contributed by atoms with van der Waals surface area (Å²) in [6.45, 7) is 5.40. The lowest BCUT2D eigenvalue weighted by Gasteiger charge is -2.22. The molecule has 1 rings (SSSR count). The van der Waals surface area contributed by atoms with Gasteiger partial charge in [0.25, 0.3) is 5.91 Å². The summed E-state index contributed by atoms with van der Waals surface area (Å²) < 4.78 is 1.33. The summed E-state index contributed by atoms with van der Waals surface area (Å²) in [5, 5.41) is 6.85. The molecule has 0 aliphatic carbocycles. The third kappa shape index (κ3) is 1.77. The first-order chi connectivity index (χ1) is 6.38. The first-order valence-corrected chi connectivity index (χ1v) is 4.44. The van der Waals surface area contributed by atoms with Gasteiger partial charge in [-0.1, -0.05) is 0 Å². The number of nitrogens with one attached hydrogen (secondary N) is 1. The van der Waals surface area contributed by atoms with Crippen LogP contribution in [-0.2, 0) is 0 Å². The predicted octanol–water partition coefficient (Wildman–Crippen LogP) is 0.412. The van der Waals surface area contributed by atoms with E-state index in [0.29, 0.717) is 5.82 Å². The van der Waals surface area contributed by atoms with E-state index in [9.17, 15) is 4.79 Å². The highest BCUT2D eigenvalue weighted by molar-refractivity contribution is 5.87. The molecule has 0 aliphatic heterocycles. The zero-order chi connectivity index (χ0) is 10.9. The van der Waals surface area contributed by atoms with Gasteiger partial charge >= 0.3 is 0 Å². The van der Waals surface area contributed by atoms with Gasteiger partial charge in [0.15, 0.2) is 0 Å². The van der Waals surface area contributed by atoms with Crippen LogP contribution in [0.25, 0.3) is 0 Å². The smallest absolute Gasteiger partial charge is 0.266 e. The van der Waals surface area contributed by atoms with Crippen LogP contribution in [0.5, 0.6) is 0 Å². The van der Waals surface area contributed by atoms with Crippen LogP contribution in [0.3, 0.4) is 0 Å². The maximum absolute atomic E-state index is 11.9. The van der Waals surface area contributed by atoms with Crippen molar-refractivity contribution in [1.29, 1.82) is 0 Å². The monoisotopic (exact) mass is 196 g/mol. The number of rotatable bonds is 2. The Bertz CT molecular complexity index is 354. The molecule has 5 heteroatoms. The molecule has 0 amide bonds. The number of hydrogen-bond donors (Lipinski definition) is 2. The Balaban J connectivity index is 3.06. The van der Waals surface area contributed by atoms with Crippen LogP contribution in [0.4, 0.5) is 5.82 Å². The number of nitrogens with two attached hydrogens (primary N) is 1. The first kappa shape index (κ1) is 10.7. The Labute approximate surface area is 83.3 Å². The second kappa shape index (κ2) is 3.42. The van der Waals surface area contributed by atoms with Gasteiger partial charge in [0, 0.05) is 11.8 Å². The number of aryl methyl sites for hydroxylation is 1. The molecule has 3 N–H and O–H groups in total. The van der Waals surface area contributed by atoms with Crippen molar-refractivity contribution in [2.24, 2.45) is 0 Å². The van der Waals surface area contributed by atoms with Gasteiger partial charge in [0.05, 0.1) is 5.54 Å². The lowest BCUT2D eigenvalue weighted by molar-refractivity contribution is 0.0781. The van der Waals surface area contributed by atoms with Crippen molar-refractivity contribution in [2.75, 3.05) is 12.8 Å². The highest BCUT2D eigenvalue weighted by Gasteiger charge is 2.28. The van der Waals surface area contributed by atoms with Gasteiger partial charge in [0.2, 0.25) is 0 Å². The minimum atomic E-state index is -0.636. The highest BCUT2D eigenvalue weighted by Crippen LogP contribution is 2.10. The molecule has 0 unspecified atom stereocenters. The third-order valence-corrected chi connectivity index (χ3v) is 2.26. The molecule has 0 aliphatic rings. The van der Waals surface area contributed by atoms with E-state index >= 15 is 0 Å². The summed E-state index contributed by atoms with van der Waals surface area (Å²) in [4.78, 5) is 11.9. The average molecular weight is 196 g/mol. The minimum Gasteiger partial charge on any atom is -0.382 e. The summed E-state index contributed by atoms with van der Waals surface area (Å²) >= 11 is 0. The fourth-order valence-electron chi connectivity index (χ4n) is 1.08. The van der Waals surface area contributed by atoms with Crippen LogP contribution in [0.2, 0.25) is 0 Å². The SMILES string of the molecule is CNC(C)(C)C(=O)n1nc(N)cc1C. The van der Waals surface area contributed by atoms with Gasteiger partial charge in [0.1, 0.15) is 5.82 Å². The minimum absolute atomic E-state index is 0.116. The Morgan fingerprint density at radius 3 is 2.57 bits per heavy atom. The van der Waals surface area contributed by atoms with Gasteiger partial charge in [-0.2, -0.15) is 0 Å². The Hall–Kier alpha value is -1.36. The molecule has 0 saturated heterocycles. The van der Waals surface area contributed by atoms with Gasteiger partial charge in [-0.15, -0.1) is 5.10 Å². The molecule has 1 aromatic rings. The van der Waals surface area contributed by atoms with Crippen molar-refractivity contribution in [2.45, 2.75) is 26.3 Å². The van der Waals surface area contributed by atoms with Crippen molar-refractivity contribution in [3.8, 4) is 0 Å². The Morgan fingerprint density at radius 1 is 1.64 bits per heavy atom. The molecule has 78 valence electrons. The van der Waals surface area contributed by atoms with Crippen molar-refractivity contribution in [1.82, 2.24) is 15.1 Å². The van der Waals surface area contributed by atoms with Crippen molar-refractivity contribution in [3.05, 3.63) is 11.8 Å². The number of likely N-dealkylation sites (N-methyl/N-ethyl adjacent to an activating group) is 1. The topological polar surface area (TPSA) is 72.9 Å². The molecule has 0 bridgehead atoms. The van der Waals surface area contributed by atoms with Gasteiger partial charge < -0.3 is 11.1 Å². The van der Waals surface area contributed by atoms with Crippen LogP contribution in [0.1, 0.15) is 24.3 Å². The normalized spacial score (nSPS) is 11.7. The fraction of sp³-hybridized carbons (Fsp3) is 0.556. The van der Waals surface area contributed by atoms with Crippen LogP contribution in [-0.4, -0.2) is 28.3 Å². The van der Waals surface area contributed by atoms with Crippen LogP contribution < -0.4 is 11.1 Å². The zero-order valence-corrected chi connectivity index (χ0v) is 8.96. The summed E-state index contributed by atoms with van der Waals surface area (Å²) in [7, 11) is 1.74. The number of carbonyl (C=O) groups excluding carboxylic acids is 1. The number of carbonyl (C=O) groups is 1. The van der Waals surface area contributed by atoms with E-state index in [2.05, 4.69) is 10.4 Å². The second-order valence-electron chi connectivity index (χ2n) is 3.80. The van der Waals surface area contributed by atoms with Gasteiger partial charge in [-0.3, -0.25) is 4.79 Å². The highest BCUT2D eigenvalue weighted by atomic mass is 16.2. The average Bonchev–Trinajstić information content (AvgIpc) is 2.44. The maximum atomic E-state index is 11.9. The van der Waals surface area contributed by atoms with Crippen molar-refractivity contribution >= 4 is 11.7 Å². The van der Waals surface area contributed by atoms with E-state index < -0.39 is 5.54 Å². The number of aromatic nitrogens is 2. The Morgan fingerprint density at radius 2 is 2.21 bits per heavy atom. The quantitative estimate of drug-likeness (QED) is 0.718. The predicted molar refractivity (Wildman–Crippen MR) is 55.1 cm³/mol. The van der Waals surface area contributed by atoms with E-state index in [4.69, 9.17) is 5.73 Å². The fourth-order valence-corrected chi connectivity index (χ4v) is 1.08. The van der Waals surface area contributed by atoms with E-state index in [0.717, 1.165) is 5.69 Å². The number of nitrogen functional groups attached to an aromatic ring is 1. The summed E-state index contributed by atoms with van der Waals surface area (Å²) in [6.07, 6.45) is 0. The Kier molecular flexibility index (Phi) is 2.62. The largest absolute Gasteiger partial charge is 0.382 e. The number of anilines is 1. The molecule has 0 radical (unpaired) electrons. The van der Waals surface area contributed by atoms with Gasteiger partial charge in [-0.25, -0.2) is 4.68 Å². The second-order valence-corrected chi connectivity index (χ2v) is 3.80. The summed E-state index contributed by atoms with van der Waals surface area (Å²) in [5.41, 5.74) is 5.61. The molecule has 0 aromatic carbocycles. The van der Waals surface area contributed by atoms with E-state index in [-0.39, 0.29) is 5.91 Å². The molecule has 0 fully saturated rings. The lowest BCUT2D eigenvalue weighted by atomic mass is 10.1. The molecule has 1 aromatic heterocycles. The molecule has 1 heterocycles. The molecule has 5 nitrogen and oxygen atoms in total. The standard InChI is InChI=1S/C9H16N4O/c1-6-5-7(10)12-13(6)8(14)9(2,3)11-4/h5,11H,1-4H3,(H2,10,12). The van der Waals surface area contributed by atoms with Crippen LogP contribution >= 0.6 is 0 Å². The van der Waals surface area contributed by atoms with Crippen LogP contribution in [0.15, 0.2) is 6.07 Å². The molecular formula is C9H16N4O. The zero-order valence-electron chi connectivity index (χ0n) is 8.96. The molecule has 0 atom stereocenters. The van der Waals surface area contributed by atoms with E-state index in [1.54, 1.807) is 33.9 Å². The molecular weight excluding hydrogens is 180 g/mol. The molecule has 0 saturated carbocycles. The van der Waals surface area contributed by atoms with Crippen LogP contribution in [0, 0.1) is 6.92 Å². The molecule has 0 spiro atoms. The third-order valence-electron chi connectivity index (χ3n) is 2.26. The first-order valence-electron chi connectivity index (χ1n) is 4.44. The summed E-state index contributed by atoms with van der Waals surface area (Å²) in [5.74, 6) is 0.247. The number of nitrogens with zero attached hydrogens (tertiary/aromatic N) is 2. The van der Waals surface area contributed by atoms with Crippen molar-refractivity contribution in [3.63, 3.8) is 0 Å². The van der Waals surface area contributed by atoms with Gasteiger partial charge in [-0.05, 0) is 27.8 Å². The van der Waals surface area contributed by atoms with E-state index in [1.807, 2.05) is 0 Å². The number of hydrogen-bond acceptors (Lipinski definition) is 4.